The lowest BCUT2D eigenvalue weighted by Crippen LogP contribution is -2.20. The smallest absolute Gasteiger partial charge is 0.177 e. The minimum Gasteiger partial charge on any atom is -0.316 e. The minimum atomic E-state index is -0.374. The molecule has 6 nitrogen and oxygen atoms in total. The number of aromatic nitrogens is 4. The summed E-state index contributed by atoms with van der Waals surface area (Å²) >= 11 is 21.3. The average molecular weight is 568 g/mol. The van der Waals surface area contributed by atoms with Crippen LogP contribution in [-0.4, -0.2) is 24.7 Å². The van der Waals surface area contributed by atoms with Crippen LogP contribution in [-0.2, 0) is 13.1 Å². The number of nitrogens with one attached hydrogen (secondary N) is 2. The number of hydrogen-bond acceptors (Lipinski definition) is 3. The molecule has 0 amide bonds. The Morgan fingerprint density at radius 2 is 1.82 bits per heavy atom. The highest BCUT2D eigenvalue weighted by Gasteiger charge is 2.13. The average Bonchev–Trinajstić information content (AvgIpc) is 3.27. The second kappa shape index (κ2) is 10.2. The lowest BCUT2D eigenvalue weighted by molar-refractivity contribution is 0.581. The van der Waals surface area contributed by atoms with Gasteiger partial charge in [-0.05, 0) is 58.8 Å². The number of thiocarbonyl (C=S) groups is 1. The maximum atomic E-state index is 14.1. The molecule has 4 aromatic rings. The summed E-state index contributed by atoms with van der Waals surface area (Å²) in [4.78, 5) is 0. The van der Waals surface area contributed by atoms with Crippen LogP contribution in [0.15, 0.2) is 59.2 Å². The van der Waals surface area contributed by atoms with E-state index in [-0.39, 0.29) is 12.4 Å². The van der Waals surface area contributed by atoms with Crippen LogP contribution < -0.4 is 10.6 Å². The summed E-state index contributed by atoms with van der Waals surface area (Å²) in [5.41, 5.74) is 2.16. The van der Waals surface area contributed by atoms with Crippen LogP contribution >= 0.6 is 51.3 Å². The lowest BCUT2D eigenvalue weighted by atomic mass is 10.2. The summed E-state index contributed by atoms with van der Waals surface area (Å²) in [7, 11) is 0. The molecule has 0 aliphatic carbocycles. The zero-order chi connectivity index (χ0) is 23.5. The molecule has 170 valence electrons. The van der Waals surface area contributed by atoms with E-state index in [9.17, 15) is 4.39 Å². The van der Waals surface area contributed by atoms with Crippen molar-refractivity contribution in [1.82, 2.24) is 19.6 Å². The fourth-order valence-corrected chi connectivity index (χ4v) is 4.22. The number of hydrogen-bond donors (Lipinski definition) is 2. The molecule has 2 N–H and O–H groups in total. The monoisotopic (exact) mass is 566 g/mol. The number of anilines is 2. The molecule has 2 aromatic heterocycles. The van der Waals surface area contributed by atoms with Crippen LogP contribution in [0.1, 0.15) is 16.8 Å². The van der Waals surface area contributed by atoms with Gasteiger partial charge in [-0.15, -0.1) is 0 Å². The van der Waals surface area contributed by atoms with E-state index in [4.69, 9.17) is 35.4 Å². The molecule has 0 unspecified atom stereocenters. The zero-order valence-electron chi connectivity index (χ0n) is 17.3. The molecule has 4 rings (SSSR count). The van der Waals surface area contributed by atoms with E-state index in [1.165, 1.54) is 6.07 Å². The molecule has 0 aliphatic heterocycles. The van der Waals surface area contributed by atoms with Gasteiger partial charge in [0.2, 0.25) is 0 Å². The molecule has 0 saturated heterocycles. The van der Waals surface area contributed by atoms with Crippen molar-refractivity contribution in [3.63, 3.8) is 0 Å². The summed E-state index contributed by atoms with van der Waals surface area (Å²) in [6, 6.07) is 14.0. The van der Waals surface area contributed by atoms with Gasteiger partial charge in [0.1, 0.15) is 5.82 Å². The molecule has 0 aliphatic rings. The normalized spacial score (nSPS) is 10.9. The van der Waals surface area contributed by atoms with Crippen LogP contribution in [0.3, 0.4) is 0 Å². The van der Waals surface area contributed by atoms with Gasteiger partial charge >= 0.3 is 0 Å². The van der Waals surface area contributed by atoms with Gasteiger partial charge in [0, 0.05) is 33.6 Å². The van der Waals surface area contributed by atoms with Crippen molar-refractivity contribution in [2.75, 3.05) is 10.6 Å². The van der Waals surface area contributed by atoms with Crippen molar-refractivity contribution in [2.24, 2.45) is 0 Å². The first-order valence-corrected chi connectivity index (χ1v) is 11.8. The van der Waals surface area contributed by atoms with Gasteiger partial charge in [0.25, 0.3) is 0 Å². The van der Waals surface area contributed by atoms with Gasteiger partial charge in [-0.1, -0.05) is 47.5 Å². The van der Waals surface area contributed by atoms with Gasteiger partial charge in [-0.2, -0.15) is 10.2 Å². The zero-order valence-corrected chi connectivity index (χ0v) is 21.2. The van der Waals surface area contributed by atoms with Crippen molar-refractivity contribution < 1.29 is 4.39 Å². The molecule has 0 bridgehead atoms. The van der Waals surface area contributed by atoms with Crippen molar-refractivity contribution >= 4 is 68.1 Å². The standard InChI is InChI=1S/C22H18BrCl2FN6S/c1-13-9-20(29-32(13)11-15-18(25)7-4-8-19(15)26)27-22(33)28-21-16(23)12-31(30-21)10-14-5-2-3-6-17(14)24/h2-9,12H,10-11H2,1H3,(H2,27,28,29,30,33). The molecular weight excluding hydrogens is 550 g/mol. The Balaban J connectivity index is 1.42. The summed E-state index contributed by atoms with van der Waals surface area (Å²) < 4.78 is 18.3. The third-order valence-corrected chi connectivity index (χ3v) is 6.34. The first-order chi connectivity index (χ1) is 15.8. The highest BCUT2D eigenvalue weighted by atomic mass is 79.9. The second-order valence-electron chi connectivity index (χ2n) is 7.22. The van der Waals surface area contributed by atoms with E-state index in [0.717, 1.165) is 15.7 Å². The lowest BCUT2D eigenvalue weighted by Gasteiger charge is -2.08. The van der Waals surface area contributed by atoms with E-state index in [1.54, 1.807) is 21.5 Å². The van der Waals surface area contributed by atoms with Crippen molar-refractivity contribution in [3.05, 3.63) is 91.9 Å². The molecule has 0 fully saturated rings. The quantitative estimate of drug-likeness (QED) is 0.260. The molecule has 2 aromatic carbocycles. The first kappa shape index (κ1) is 23.7. The number of benzene rings is 2. The Bertz CT molecular complexity index is 1300. The van der Waals surface area contributed by atoms with Crippen molar-refractivity contribution in [1.29, 1.82) is 0 Å². The van der Waals surface area contributed by atoms with Gasteiger partial charge < -0.3 is 10.6 Å². The first-order valence-electron chi connectivity index (χ1n) is 9.82. The van der Waals surface area contributed by atoms with E-state index in [1.807, 2.05) is 43.5 Å². The number of rotatable bonds is 6. The van der Waals surface area contributed by atoms with Crippen LogP contribution in [0, 0.1) is 12.7 Å². The highest BCUT2D eigenvalue weighted by molar-refractivity contribution is 9.10. The van der Waals surface area contributed by atoms with Crippen LogP contribution in [0.5, 0.6) is 0 Å². The van der Waals surface area contributed by atoms with Gasteiger partial charge in [0.15, 0.2) is 16.7 Å². The largest absolute Gasteiger partial charge is 0.316 e. The predicted octanol–water partition coefficient (Wildman–Crippen LogP) is 6.50. The van der Waals surface area contributed by atoms with Crippen LogP contribution in [0.25, 0.3) is 0 Å². The third-order valence-electron chi connectivity index (χ3n) is 4.83. The van der Waals surface area contributed by atoms with Crippen molar-refractivity contribution in [2.45, 2.75) is 20.0 Å². The molecule has 0 atom stereocenters. The van der Waals surface area contributed by atoms with E-state index in [2.05, 4.69) is 36.8 Å². The van der Waals surface area contributed by atoms with E-state index >= 15 is 0 Å². The Morgan fingerprint density at radius 1 is 1.06 bits per heavy atom. The van der Waals surface area contributed by atoms with Crippen LogP contribution in [0.2, 0.25) is 10.0 Å². The molecule has 33 heavy (non-hydrogen) atoms. The fourth-order valence-electron chi connectivity index (χ4n) is 3.18. The maximum Gasteiger partial charge on any atom is 0.177 e. The SMILES string of the molecule is Cc1cc(NC(=S)Nc2nn(Cc3ccccc3Cl)cc2Br)nn1Cc1c(F)cccc1Cl. The van der Waals surface area contributed by atoms with Gasteiger partial charge in [-0.25, -0.2) is 4.39 Å². The number of aryl methyl sites for hydroxylation is 1. The fraction of sp³-hybridized carbons (Fsp3) is 0.136. The molecule has 0 radical (unpaired) electrons. The van der Waals surface area contributed by atoms with Crippen molar-refractivity contribution in [3.8, 4) is 0 Å². The Morgan fingerprint density at radius 3 is 2.58 bits per heavy atom. The predicted molar refractivity (Wildman–Crippen MR) is 138 cm³/mol. The molecular formula is C22H18BrCl2FN6S. The van der Waals surface area contributed by atoms with E-state index in [0.29, 0.717) is 38.9 Å². The third kappa shape index (κ3) is 5.73. The molecule has 0 spiro atoms. The number of nitrogens with zero attached hydrogens (tertiary/aromatic N) is 4. The Hall–Kier alpha value is -2.46. The van der Waals surface area contributed by atoms with Gasteiger partial charge in [-0.3, -0.25) is 9.36 Å². The summed E-state index contributed by atoms with van der Waals surface area (Å²) in [6.45, 7) is 2.59. The molecule has 0 saturated carbocycles. The molecule has 11 heteroatoms. The summed E-state index contributed by atoms with van der Waals surface area (Å²) in [6.07, 6.45) is 1.84. The Labute approximate surface area is 213 Å². The van der Waals surface area contributed by atoms with Crippen LogP contribution in [0.4, 0.5) is 16.0 Å². The maximum absolute atomic E-state index is 14.1. The second-order valence-corrected chi connectivity index (χ2v) is 9.30. The van der Waals surface area contributed by atoms with Gasteiger partial charge in [0.05, 0.1) is 17.6 Å². The highest BCUT2D eigenvalue weighted by Crippen LogP contribution is 2.24. The summed E-state index contributed by atoms with van der Waals surface area (Å²) in [5, 5.41) is 16.4. The number of halogens is 4. The molecule has 2 heterocycles. The topological polar surface area (TPSA) is 59.7 Å². The minimum absolute atomic E-state index is 0.206. The summed E-state index contributed by atoms with van der Waals surface area (Å²) in [5.74, 6) is 0.694. The van der Waals surface area contributed by atoms with E-state index < -0.39 is 0 Å². The Kier molecular flexibility index (Phi) is 7.33.